The SMILES string of the molecule is Cc1cc(=O)c(C(=O)Nc2nccs2)nn1-c1ccc(Cl)cc1. The number of aromatic nitrogens is 3. The maximum atomic E-state index is 12.2. The van der Waals surface area contributed by atoms with Crippen molar-refractivity contribution < 1.29 is 4.79 Å². The van der Waals surface area contributed by atoms with Crippen molar-refractivity contribution in [3.8, 4) is 5.69 Å². The van der Waals surface area contributed by atoms with E-state index in [1.165, 1.54) is 22.1 Å². The molecule has 1 aromatic carbocycles. The number of aryl methyl sites for hydroxylation is 1. The highest BCUT2D eigenvalue weighted by Gasteiger charge is 2.16. The summed E-state index contributed by atoms with van der Waals surface area (Å²) in [5.74, 6) is -0.590. The molecule has 1 N–H and O–H groups in total. The standard InChI is InChI=1S/C15H11ClN4O2S/c1-9-8-12(21)13(14(22)18-15-17-6-7-23-15)19-20(9)11-4-2-10(16)3-5-11/h2-8H,1H3,(H,17,18,22). The molecule has 0 radical (unpaired) electrons. The fraction of sp³-hybridized carbons (Fsp3) is 0.0667. The van der Waals surface area contributed by atoms with Gasteiger partial charge < -0.3 is 0 Å². The van der Waals surface area contributed by atoms with Crippen LogP contribution in [0.2, 0.25) is 5.02 Å². The van der Waals surface area contributed by atoms with Crippen LogP contribution >= 0.6 is 22.9 Å². The molecular weight excluding hydrogens is 336 g/mol. The zero-order valence-electron chi connectivity index (χ0n) is 12.0. The van der Waals surface area contributed by atoms with E-state index in [-0.39, 0.29) is 5.69 Å². The molecule has 0 saturated carbocycles. The van der Waals surface area contributed by atoms with Gasteiger partial charge in [0.05, 0.1) is 5.69 Å². The van der Waals surface area contributed by atoms with Crippen molar-refractivity contribution in [2.24, 2.45) is 0 Å². The summed E-state index contributed by atoms with van der Waals surface area (Å²) >= 11 is 7.14. The van der Waals surface area contributed by atoms with Gasteiger partial charge in [-0.25, -0.2) is 9.67 Å². The summed E-state index contributed by atoms with van der Waals surface area (Å²) in [6.07, 6.45) is 1.56. The number of rotatable bonds is 3. The number of thiazole rings is 1. The summed E-state index contributed by atoms with van der Waals surface area (Å²) in [4.78, 5) is 28.3. The van der Waals surface area contributed by atoms with Gasteiger partial charge >= 0.3 is 0 Å². The van der Waals surface area contributed by atoms with E-state index in [0.717, 1.165) is 0 Å². The highest BCUT2D eigenvalue weighted by Crippen LogP contribution is 2.14. The summed E-state index contributed by atoms with van der Waals surface area (Å²) in [6.45, 7) is 1.74. The molecule has 0 bridgehead atoms. The summed E-state index contributed by atoms with van der Waals surface area (Å²) in [6, 6.07) is 8.32. The molecule has 23 heavy (non-hydrogen) atoms. The van der Waals surface area contributed by atoms with Gasteiger partial charge in [0, 0.05) is 28.4 Å². The van der Waals surface area contributed by atoms with Crippen LogP contribution in [-0.2, 0) is 0 Å². The summed E-state index contributed by atoms with van der Waals surface area (Å²) in [5, 5.41) is 9.47. The van der Waals surface area contributed by atoms with E-state index < -0.39 is 11.3 Å². The molecule has 0 aliphatic carbocycles. The number of hydrogen-bond acceptors (Lipinski definition) is 5. The quantitative estimate of drug-likeness (QED) is 0.791. The molecule has 3 rings (SSSR count). The maximum Gasteiger partial charge on any atom is 0.281 e. The largest absolute Gasteiger partial charge is 0.296 e. The maximum absolute atomic E-state index is 12.2. The molecule has 2 aromatic heterocycles. The second-order valence-electron chi connectivity index (χ2n) is 4.68. The monoisotopic (exact) mass is 346 g/mol. The van der Waals surface area contributed by atoms with Crippen LogP contribution in [0.15, 0.2) is 46.7 Å². The number of anilines is 1. The minimum Gasteiger partial charge on any atom is -0.296 e. The topological polar surface area (TPSA) is 76.9 Å². The van der Waals surface area contributed by atoms with Gasteiger partial charge in [-0.05, 0) is 31.2 Å². The third-order valence-electron chi connectivity index (χ3n) is 3.05. The van der Waals surface area contributed by atoms with Crippen LogP contribution < -0.4 is 10.7 Å². The average molecular weight is 347 g/mol. The first-order chi connectivity index (χ1) is 11.0. The highest BCUT2D eigenvalue weighted by molar-refractivity contribution is 7.13. The number of benzene rings is 1. The zero-order chi connectivity index (χ0) is 16.4. The number of nitrogens with zero attached hydrogens (tertiary/aromatic N) is 3. The lowest BCUT2D eigenvalue weighted by Gasteiger charge is -2.11. The molecule has 0 saturated heterocycles. The molecule has 6 nitrogen and oxygen atoms in total. The number of carbonyl (C=O) groups excluding carboxylic acids is 1. The van der Waals surface area contributed by atoms with Gasteiger partial charge in [0.2, 0.25) is 5.43 Å². The number of amides is 1. The first-order valence-corrected chi connectivity index (χ1v) is 7.88. The second-order valence-corrected chi connectivity index (χ2v) is 6.01. The van der Waals surface area contributed by atoms with Crippen molar-refractivity contribution in [2.75, 3.05) is 5.32 Å². The Bertz CT molecular complexity index is 904. The van der Waals surface area contributed by atoms with E-state index in [4.69, 9.17) is 11.6 Å². The lowest BCUT2D eigenvalue weighted by Crippen LogP contribution is -2.26. The predicted octanol–water partition coefficient (Wildman–Crippen LogP) is 2.90. The van der Waals surface area contributed by atoms with Crippen molar-refractivity contribution in [3.05, 3.63) is 68.5 Å². The van der Waals surface area contributed by atoms with Crippen LogP contribution in [0.3, 0.4) is 0 Å². The van der Waals surface area contributed by atoms with Crippen LogP contribution in [-0.4, -0.2) is 20.7 Å². The predicted molar refractivity (Wildman–Crippen MR) is 89.6 cm³/mol. The Morgan fingerprint density at radius 1 is 1.30 bits per heavy atom. The minimum absolute atomic E-state index is 0.194. The fourth-order valence-corrected chi connectivity index (χ4v) is 2.64. The molecule has 0 aliphatic heterocycles. The zero-order valence-corrected chi connectivity index (χ0v) is 13.6. The first kappa shape index (κ1) is 15.4. The van der Waals surface area contributed by atoms with Gasteiger partial charge in [-0.1, -0.05) is 11.6 Å². The number of nitrogens with one attached hydrogen (secondary N) is 1. The third-order valence-corrected chi connectivity index (χ3v) is 3.99. The molecule has 2 heterocycles. The summed E-state index contributed by atoms with van der Waals surface area (Å²) in [5.41, 5.74) is 0.681. The molecule has 0 atom stereocenters. The first-order valence-electron chi connectivity index (χ1n) is 6.62. The van der Waals surface area contributed by atoms with Crippen molar-refractivity contribution in [2.45, 2.75) is 6.92 Å². The molecule has 1 amide bonds. The normalized spacial score (nSPS) is 10.5. The van der Waals surface area contributed by atoms with Crippen LogP contribution in [0, 0.1) is 6.92 Å². The van der Waals surface area contributed by atoms with Gasteiger partial charge in [0.1, 0.15) is 0 Å². The Balaban J connectivity index is 2.01. The number of carbonyl (C=O) groups is 1. The number of halogens is 1. The van der Waals surface area contributed by atoms with Crippen molar-refractivity contribution >= 4 is 34.0 Å². The Morgan fingerprint density at radius 2 is 2.04 bits per heavy atom. The van der Waals surface area contributed by atoms with E-state index in [0.29, 0.717) is 21.5 Å². The molecule has 8 heteroatoms. The Labute approximate surface area is 140 Å². The Kier molecular flexibility index (Phi) is 4.22. The smallest absolute Gasteiger partial charge is 0.281 e. The highest BCUT2D eigenvalue weighted by atomic mass is 35.5. The molecule has 0 spiro atoms. The van der Waals surface area contributed by atoms with E-state index in [1.54, 1.807) is 42.8 Å². The van der Waals surface area contributed by atoms with Crippen LogP contribution in [0.1, 0.15) is 16.2 Å². The van der Waals surface area contributed by atoms with Gasteiger partial charge in [-0.15, -0.1) is 11.3 Å². The van der Waals surface area contributed by atoms with Crippen LogP contribution in [0.25, 0.3) is 5.69 Å². The summed E-state index contributed by atoms with van der Waals surface area (Å²) in [7, 11) is 0. The molecule has 0 fully saturated rings. The average Bonchev–Trinajstić information content (AvgIpc) is 3.01. The molecular formula is C15H11ClN4O2S. The van der Waals surface area contributed by atoms with Crippen molar-refractivity contribution in [3.63, 3.8) is 0 Å². The molecule has 116 valence electrons. The van der Waals surface area contributed by atoms with Crippen LogP contribution in [0.5, 0.6) is 0 Å². The van der Waals surface area contributed by atoms with Gasteiger partial charge in [-0.3, -0.25) is 14.9 Å². The second kappa shape index (κ2) is 6.31. The summed E-state index contributed by atoms with van der Waals surface area (Å²) < 4.78 is 1.52. The van der Waals surface area contributed by atoms with Gasteiger partial charge in [0.25, 0.3) is 5.91 Å². The lowest BCUT2D eigenvalue weighted by atomic mass is 10.2. The van der Waals surface area contributed by atoms with E-state index >= 15 is 0 Å². The van der Waals surface area contributed by atoms with Gasteiger partial charge in [-0.2, -0.15) is 5.10 Å². The van der Waals surface area contributed by atoms with Gasteiger partial charge in [0.15, 0.2) is 10.8 Å². The minimum atomic E-state index is -0.590. The van der Waals surface area contributed by atoms with E-state index in [9.17, 15) is 9.59 Å². The Hall–Kier alpha value is -2.51. The van der Waals surface area contributed by atoms with E-state index in [2.05, 4.69) is 15.4 Å². The fourth-order valence-electron chi connectivity index (χ4n) is 1.99. The Morgan fingerprint density at radius 3 is 2.70 bits per heavy atom. The molecule has 0 unspecified atom stereocenters. The van der Waals surface area contributed by atoms with Crippen molar-refractivity contribution in [1.82, 2.24) is 14.8 Å². The third kappa shape index (κ3) is 3.30. The van der Waals surface area contributed by atoms with Crippen LogP contribution in [0.4, 0.5) is 5.13 Å². The van der Waals surface area contributed by atoms with Crippen molar-refractivity contribution in [1.29, 1.82) is 0 Å². The molecule has 3 aromatic rings. The molecule has 0 aliphatic rings. The van der Waals surface area contributed by atoms with E-state index in [1.807, 2.05) is 0 Å². The number of hydrogen-bond donors (Lipinski definition) is 1. The lowest BCUT2D eigenvalue weighted by molar-refractivity contribution is 0.101.